The van der Waals surface area contributed by atoms with Crippen LogP contribution in [0.3, 0.4) is 0 Å². The number of aromatic nitrogens is 4. The number of rotatable bonds is 13. The zero-order valence-electron chi connectivity index (χ0n) is 22.3. The number of nitrogens with one attached hydrogen (secondary N) is 2. The lowest BCUT2D eigenvalue weighted by molar-refractivity contribution is 0.102. The van der Waals surface area contributed by atoms with Crippen molar-refractivity contribution >= 4 is 11.6 Å². The molecule has 0 radical (unpaired) electrons. The summed E-state index contributed by atoms with van der Waals surface area (Å²) >= 11 is 0. The minimum atomic E-state index is -0.108. The van der Waals surface area contributed by atoms with Crippen molar-refractivity contribution < 1.29 is 4.79 Å². The maximum atomic E-state index is 13.2. The summed E-state index contributed by atoms with van der Waals surface area (Å²) in [6, 6.07) is 11.8. The normalized spacial score (nSPS) is 11.2. The van der Waals surface area contributed by atoms with Gasteiger partial charge in [0.1, 0.15) is 5.82 Å². The molecule has 0 fully saturated rings. The second-order valence-corrected chi connectivity index (χ2v) is 9.46. The van der Waals surface area contributed by atoms with Crippen molar-refractivity contribution in [3.8, 4) is 0 Å². The van der Waals surface area contributed by atoms with E-state index in [0.29, 0.717) is 31.7 Å². The third-order valence-corrected chi connectivity index (χ3v) is 6.55. The minimum Gasteiger partial charge on any atom is -0.348 e. The fraction of sp³-hybridized carbons (Fsp3) is 0.333. The summed E-state index contributed by atoms with van der Waals surface area (Å²) in [4.78, 5) is 31.6. The lowest BCUT2D eigenvalue weighted by Gasteiger charge is -2.21. The highest BCUT2D eigenvalue weighted by Gasteiger charge is 2.16. The zero-order valence-corrected chi connectivity index (χ0v) is 22.3. The van der Waals surface area contributed by atoms with Crippen molar-refractivity contribution in [1.82, 2.24) is 24.8 Å². The molecule has 0 bridgehead atoms. The van der Waals surface area contributed by atoms with Crippen LogP contribution in [-0.2, 0) is 39.0 Å². The van der Waals surface area contributed by atoms with Crippen molar-refractivity contribution in [3.05, 3.63) is 107 Å². The molecule has 4 N–H and O–H groups in total. The van der Waals surface area contributed by atoms with Crippen molar-refractivity contribution in [2.24, 2.45) is 5.73 Å². The molecule has 0 unspecified atom stereocenters. The van der Waals surface area contributed by atoms with E-state index in [1.165, 1.54) is 16.7 Å². The van der Waals surface area contributed by atoms with E-state index in [1.54, 1.807) is 24.8 Å². The molecule has 2 aromatic carbocycles. The molecule has 38 heavy (non-hydrogen) atoms. The highest BCUT2D eigenvalue weighted by Crippen LogP contribution is 2.27. The fourth-order valence-electron chi connectivity index (χ4n) is 4.77. The molecule has 198 valence electrons. The van der Waals surface area contributed by atoms with Crippen LogP contribution in [0, 0.1) is 0 Å². The predicted octanol–water partition coefficient (Wildman–Crippen LogP) is 5.02. The summed E-state index contributed by atoms with van der Waals surface area (Å²) in [5, 5.41) is 3.17. The molecular weight excluding hydrogens is 474 g/mol. The van der Waals surface area contributed by atoms with E-state index in [0.717, 1.165) is 48.5 Å². The first-order valence-corrected chi connectivity index (χ1v) is 13.3. The zero-order chi connectivity index (χ0) is 26.7. The van der Waals surface area contributed by atoms with Gasteiger partial charge in [-0.05, 0) is 53.3 Å². The minimum absolute atomic E-state index is 0.108. The SMILES string of the molecule is CCCc1c(CN)ccc(NC(=O)c2ccc(CN(Cc3cnccn3)Cc3ncc[nH]3)cc2)c1CCC. The molecule has 8 nitrogen and oxygen atoms in total. The maximum Gasteiger partial charge on any atom is 0.255 e. The molecule has 0 aliphatic carbocycles. The van der Waals surface area contributed by atoms with E-state index in [4.69, 9.17) is 5.73 Å². The Labute approximate surface area is 224 Å². The van der Waals surface area contributed by atoms with Crippen LogP contribution < -0.4 is 11.1 Å². The molecule has 0 saturated heterocycles. The molecule has 0 saturated carbocycles. The van der Waals surface area contributed by atoms with Crippen LogP contribution in [0.4, 0.5) is 5.69 Å². The summed E-state index contributed by atoms with van der Waals surface area (Å²) in [5.74, 6) is 0.778. The first-order chi connectivity index (χ1) is 18.6. The van der Waals surface area contributed by atoms with Gasteiger partial charge in [-0.2, -0.15) is 0 Å². The number of anilines is 1. The van der Waals surface area contributed by atoms with E-state index >= 15 is 0 Å². The molecule has 2 aromatic heterocycles. The molecule has 2 heterocycles. The van der Waals surface area contributed by atoms with Crippen molar-refractivity contribution in [1.29, 1.82) is 0 Å². The topological polar surface area (TPSA) is 113 Å². The van der Waals surface area contributed by atoms with Crippen LogP contribution >= 0.6 is 0 Å². The Morgan fingerprint density at radius 3 is 2.37 bits per heavy atom. The number of imidazole rings is 1. The largest absolute Gasteiger partial charge is 0.348 e. The monoisotopic (exact) mass is 511 g/mol. The number of aromatic amines is 1. The summed E-state index contributed by atoms with van der Waals surface area (Å²) in [6.07, 6.45) is 12.6. The van der Waals surface area contributed by atoms with Gasteiger partial charge in [0.25, 0.3) is 5.91 Å². The van der Waals surface area contributed by atoms with E-state index in [9.17, 15) is 4.79 Å². The van der Waals surface area contributed by atoms with Crippen LogP contribution in [0.5, 0.6) is 0 Å². The van der Waals surface area contributed by atoms with Gasteiger partial charge >= 0.3 is 0 Å². The first-order valence-electron chi connectivity index (χ1n) is 13.3. The molecular formula is C30H37N7O. The number of nitrogens with two attached hydrogens (primary N) is 1. The number of benzene rings is 2. The number of hydrogen-bond donors (Lipinski definition) is 3. The predicted molar refractivity (Wildman–Crippen MR) is 150 cm³/mol. The van der Waals surface area contributed by atoms with Crippen LogP contribution in [0.15, 0.2) is 67.4 Å². The van der Waals surface area contributed by atoms with Crippen LogP contribution in [-0.4, -0.2) is 30.7 Å². The second-order valence-electron chi connectivity index (χ2n) is 9.46. The molecule has 4 aromatic rings. The Morgan fingerprint density at radius 2 is 1.71 bits per heavy atom. The van der Waals surface area contributed by atoms with E-state index in [-0.39, 0.29) is 5.91 Å². The summed E-state index contributed by atoms with van der Waals surface area (Å²) in [7, 11) is 0. The van der Waals surface area contributed by atoms with Crippen LogP contribution in [0.25, 0.3) is 0 Å². The molecule has 1 amide bonds. The molecule has 0 spiro atoms. The Morgan fingerprint density at radius 1 is 0.921 bits per heavy atom. The van der Waals surface area contributed by atoms with Crippen LogP contribution in [0.1, 0.15) is 70.8 Å². The summed E-state index contributed by atoms with van der Waals surface area (Å²) < 4.78 is 0. The van der Waals surface area contributed by atoms with Gasteiger partial charge in [0.15, 0.2) is 0 Å². The highest BCUT2D eigenvalue weighted by molar-refractivity contribution is 6.04. The number of H-pyrrole nitrogens is 1. The Bertz CT molecular complexity index is 1290. The lowest BCUT2D eigenvalue weighted by Crippen LogP contribution is -2.23. The van der Waals surface area contributed by atoms with Crippen molar-refractivity contribution in [3.63, 3.8) is 0 Å². The number of nitrogens with zero attached hydrogens (tertiary/aromatic N) is 4. The van der Waals surface area contributed by atoms with Gasteiger partial charge in [0.05, 0.1) is 12.2 Å². The fourth-order valence-corrected chi connectivity index (χ4v) is 4.77. The van der Waals surface area contributed by atoms with Gasteiger partial charge in [-0.15, -0.1) is 0 Å². The molecule has 8 heteroatoms. The molecule has 0 atom stereocenters. The van der Waals surface area contributed by atoms with E-state index < -0.39 is 0 Å². The van der Waals surface area contributed by atoms with E-state index in [2.05, 4.69) is 44.0 Å². The van der Waals surface area contributed by atoms with Crippen LogP contribution in [0.2, 0.25) is 0 Å². The Kier molecular flexibility index (Phi) is 9.72. The first kappa shape index (κ1) is 27.2. The van der Waals surface area contributed by atoms with Gasteiger partial charge in [-0.3, -0.25) is 19.7 Å². The Hall–Kier alpha value is -3.88. The quantitative estimate of drug-likeness (QED) is 0.232. The van der Waals surface area contributed by atoms with E-state index in [1.807, 2.05) is 42.6 Å². The smallest absolute Gasteiger partial charge is 0.255 e. The number of hydrogen-bond acceptors (Lipinski definition) is 6. The van der Waals surface area contributed by atoms with Crippen molar-refractivity contribution in [2.75, 3.05) is 5.32 Å². The molecule has 0 aliphatic rings. The number of amides is 1. The average molecular weight is 512 g/mol. The van der Waals surface area contributed by atoms with Gasteiger partial charge in [0.2, 0.25) is 0 Å². The lowest BCUT2D eigenvalue weighted by atomic mass is 9.92. The van der Waals surface area contributed by atoms with Crippen molar-refractivity contribution in [2.45, 2.75) is 65.7 Å². The van der Waals surface area contributed by atoms with Gasteiger partial charge < -0.3 is 16.0 Å². The third kappa shape index (κ3) is 7.12. The Balaban J connectivity index is 1.48. The number of carbonyl (C=O) groups excluding carboxylic acids is 1. The molecule has 4 rings (SSSR count). The summed E-state index contributed by atoms with van der Waals surface area (Å²) in [5.41, 5.74) is 13.2. The maximum absolute atomic E-state index is 13.2. The standard InChI is InChI=1S/C30H37N7O/c1-3-5-26-24(17-31)11-12-28(27(26)6-4-2)36-30(38)23-9-7-22(8-10-23)19-37(21-29-34-15-16-35-29)20-25-18-32-13-14-33-25/h7-16,18H,3-6,17,19-21,31H2,1-2H3,(H,34,35)(H,36,38). The second kappa shape index (κ2) is 13.6. The van der Waals surface area contributed by atoms with Gasteiger partial charge in [-0.25, -0.2) is 4.98 Å². The number of carbonyl (C=O) groups is 1. The molecule has 0 aliphatic heterocycles. The third-order valence-electron chi connectivity index (χ3n) is 6.55. The summed E-state index contributed by atoms with van der Waals surface area (Å²) in [6.45, 7) is 6.80. The van der Waals surface area contributed by atoms with Gasteiger partial charge in [0, 0.05) is 61.9 Å². The highest BCUT2D eigenvalue weighted by atomic mass is 16.1. The van der Waals surface area contributed by atoms with Gasteiger partial charge in [-0.1, -0.05) is 44.9 Å². The average Bonchev–Trinajstić information content (AvgIpc) is 3.44.